The molecule has 0 unspecified atom stereocenters. The van der Waals surface area contributed by atoms with Crippen molar-refractivity contribution in [2.45, 2.75) is 39.7 Å². The van der Waals surface area contributed by atoms with Crippen molar-refractivity contribution in [1.29, 1.82) is 0 Å². The molecule has 1 atom stereocenters. The first-order chi connectivity index (χ1) is 20.2. The van der Waals surface area contributed by atoms with Crippen LogP contribution in [0.25, 0.3) is 11.8 Å². The Labute approximate surface area is 255 Å². The number of rotatable bonds is 7. The second-order valence-electron chi connectivity index (χ2n) is 10.0. The van der Waals surface area contributed by atoms with Crippen LogP contribution in [0.1, 0.15) is 61.9 Å². The van der Waals surface area contributed by atoms with E-state index in [1.807, 2.05) is 54.6 Å². The highest BCUT2D eigenvalue weighted by Gasteiger charge is 2.35. The van der Waals surface area contributed by atoms with Crippen molar-refractivity contribution in [3.05, 3.63) is 125 Å². The summed E-state index contributed by atoms with van der Waals surface area (Å²) in [6, 6.07) is 21.9. The van der Waals surface area contributed by atoms with Gasteiger partial charge in [0, 0.05) is 12.5 Å². The van der Waals surface area contributed by atoms with Gasteiger partial charge in [0.05, 0.1) is 32.9 Å². The quantitative estimate of drug-likeness (QED) is 0.189. The number of halogens is 1. The summed E-state index contributed by atoms with van der Waals surface area (Å²) in [5.74, 6) is -0.229. The fourth-order valence-corrected chi connectivity index (χ4v) is 6.29. The van der Waals surface area contributed by atoms with E-state index in [1.165, 1.54) is 18.3 Å². The molecule has 0 saturated carbocycles. The fraction of sp³-hybridized carbons (Fsp3) is 0.212. The average molecular weight is 646 g/mol. The molecule has 0 N–H and O–H groups in total. The SMILES string of the molecule is CCOC(=O)C1=C(c2ccccc2)N=c2s/c(=C\c3ccc(OC(C)=O)c(Br)c3)c(=O)n2[C@@H]1c1ccc(C(C)C)cc1. The van der Waals surface area contributed by atoms with E-state index in [9.17, 15) is 14.4 Å². The third-order valence-corrected chi connectivity index (χ3v) is 8.40. The van der Waals surface area contributed by atoms with Crippen LogP contribution in [0.5, 0.6) is 5.75 Å². The number of aromatic nitrogens is 1. The zero-order valence-corrected chi connectivity index (χ0v) is 26.0. The van der Waals surface area contributed by atoms with Crippen molar-refractivity contribution in [1.82, 2.24) is 4.57 Å². The molecule has 42 heavy (non-hydrogen) atoms. The maximum atomic E-state index is 14.1. The molecule has 0 saturated heterocycles. The summed E-state index contributed by atoms with van der Waals surface area (Å²) in [5, 5.41) is 0. The molecule has 3 aromatic carbocycles. The van der Waals surface area contributed by atoms with E-state index in [-0.39, 0.29) is 12.2 Å². The third-order valence-electron chi connectivity index (χ3n) is 6.80. The Morgan fingerprint density at radius 1 is 1.07 bits per heavy atom. The Morgan fingerprint density at radius 2 is 1.79 bits per heavy atom. The van der Waals surface area contributed by atoms with Gasteiger partial charge < -0.3 is 9.47 Å². The number of esters is 2. The van der Waals surface area contributed by atoms with E-state index in [0.717, 1.165) is 22.3 Å². The van der Waals surface area contributed by atoms with Crippen LogP contribution in [0.2, 0.25) is 0 Å². The monoisotopic (exact) mass is 644 g/mol. The molecule has 4 aromatic rings. The molecule has 0 aliphatic carbocycles. The third kappa shape index (κ3) is 5.93. The van der Waals surface area contributed by atoms with Gasteiger partial charge in [-0.15, -0.1) is 0 Å². The summed E-state index contributed by atoms with van der Waals surface area (Å²) in [6.07, 6.45) is 1.77. The summed E-state index contributed by atoms with van der Waals surface area (Å²) in [5.41, 5.74) is 3.94. The van der Waals surface area contributed by atoms with Crippen LogP contribution in [0.3, 0.4) is 0 Å². The number of hydrogen-bond donors (Lipinski definition) is 0. The molecule has 1 aromatic heterocycles. The van der Waals surface area contributed by atoms with Crippen LogP contribution in [0.4, 0.5) is 0 Å². The van der Waals surface area contributed by atoms with Gasteiger partial charge in [-0.2, -0.15) is 0 Å². The van der Waals surface area contributed by atoms with Gasteiger partial charge in [-0.1, -0.05) is 85.8 Å². The lowest BCUT2D eigenvalue weighted by molar-refractivity contribution is -0.139. The fourth-order valence-electron chi connectivity index (χ4n) is 4.81. The first kappa shape index (κ1) is 29.4. The number of carbonyl (C=O) groups is 2. The Morgan fingerprint density at radius 3 is 2.40 bits per heavy atom. The Bertz CT molecular complexity index is 1870. The van der Waals surface area contributed by atoms with Crippen LogP contribution in [-0.4, -0.2) is 23.1 Å². The van der Waals surface area contributed by atoms with E-state index < -0.39 is 18.0 Å². The lowest BCUT2D eigenvalue weighted by Gasteiger charge is -2.26. The molecule has 0 bridgehead atoms. The van der Waals surface area contributed by atoms with Crippen molar-refractivity contribution in [2.75, 3.05) is 6.61 Å². The van der Waals surface area contributed by atoms with Gasteiger partial charge in [0.1, 0.15) is 5.75 Å². The zero-order valence-electron chi connectivity index (χ0n) is 23.6. The molecule has 0 fully saturated rings. The Hall–Kier alpha value is -4.08. The number of fused-ring (bicyclic) bond motifs is 1. The van der Waals surface area contributed by atoms with Gasteiger partial charge in [0.25, 0.3) is 5.56 Å². The Kier molecular flexibility index (Phi) is 8.70. The molecule has 0 amide bonds. The van der Waals surface area contributed by atoms with Crippen LogP contribution in [0.15, 0.2) is 92.6 Å². The molecule has 1 aliphatic heterocycles. The molecule has 0 spiro atoms. The van der Waals surface area contributed by atoms with Crippen molar-refractivity contribution in [3.63, 3.8) is 0 Å². The van der Waals surface area contributed by atoms with Gasteiger partial charge in [-0.05, 0) is 63.7 Å². The number of nitrogens with zero attached hydrogens (tertiary/aromatic N) is 2. The summed E-state index contributed by atoms with van der Waals surface area (Å²) in [6.45, 7) is 7.51. The van der Waals surface area contributed by atoms with E-state index >= 15 is 0 Å². The largest absolute Gasteiger partial charge is 0.463 e. The second kappa shape index (κ2) is 12.4. The number of benzene rings is 3. The number of ether oxygens (including phenoxy) is 2. The normalized spacial score (nSPS) is 14.9. The average Bonchev–Trinajstić information content (AvgIpc) is 3.28. The van der Waals surface area contributed by atoms with E-state index in [2.05, 4.69) is 29.8 Å². The molecule has 7 nitrogen and oxygen atoms in total. The van der Waals surface area contributed by atoms with Gasteiger partial charge in [0.2, 0.25) is 0 Å². The van der Waals surface area contributed by atoms with Crippen molar-refractivity contribution >= 4 is 51.0 Å². The maximum absolute atomic E-state index is 14.1. The lowest BCUT2D eigenvalue weighted by atomic mass is 9.91. The van der Waals surface area contributed by atoms with E-state index in [1.54, 1.807) is 35.8 Å². The summed E-state index contributed by atoms with van der Waals surface area (Å²) >= 11 is 4.69. The number of hydrogen-bond acceptors (Lipinski definition) is 7. The molecule has 0 radical (unpaired) electrons. The van der Waals surface area contributed by atoms with Crippen LogP contribution >= 0.6 is 27.3 Å². The standard InChI is InChI=1S/C33H29BrN2O5S/c1-5-40-32(39)28-29(23-9-7-6-8-10-23)35-33-36(30(28)24-14-12-22(13-15-24)19(2)3)31(38)27(42-33)18-21-11-16-26(25(34)17-21)41-20(4)37/h6-19,30H,5H2,1-4H3/b27-18-/t30-/m1/s1. The molecule has 214 valence electrons. The van der Waals surface area contributed by atoms with Crippen LogP contribution < -0.4 is 19.6 Å². The number of thiazole rings is 1. The summed E-state index contributed by atoms with van der Waals surface area (Å²) in [7, 11) is 0. The predicted octanol–water partition coefficient (Wildman–Crippen LogP) is 5.75. The minimum absolute atomic E-state index is 0.187. The van der Waals surface area contributed by atoms with Crippen LogP contribution in [0, 0.1) is 0 Å². The van der Waals surface area contributed by atoms with Crippen molar-refractivity contribution in [3.8, 4) is 5.75 Å². The highest BCUT2D eigenvalue weighted by Crippen LogP contribution is 2.35. The van der Waals surface area contributed by atoms with E-state index in [4.69, 9.17) is 14.5 Å². The first-order valence-corrected chi connectivity index (χ1v) is 15.1. The summed E-state index contributed by atoms with van der Waals surface area (Å²) in [4.78, 5) is 44.4. The van der Waals surface area contributed by atoms with Crippen molar-refractivity contribution < 1.29 is 19.1 Å². The predicted molar refractivity (Wildman–Crippen MR) is 167 cm³/mol. The maximum Gasteiger partial charge on any atom is 0.338 e. The molecular formula is C33H29BrN2O5S. The molecule has 1 aliphatic rings. The smallest absolute Gasteiger partial charge is 0.338 e. The minimum Gasteiger partial charge on any atom is -0.463 e. The minimum atomic E-state index is -0.739. The zero-order chi connectivity index (χ0) is 30.0. The van der Waals surface area contributed by atoms with E-state index in [0.29, 0.717) is 36.7 Å². The van der Waals surface area contributed by atoms with Gasteiger partial charge in [-0.3, -0.25) is 14.2 Å². The van der Waals surface area contributed by atoms with Gasteiger partial charge in [-0.25, -0.2) is 9.79 Å². The molecular weight excluding hydrogens is 616 g/mol. The highest BCUT2D eigenvalue weighted by molar-refractivity contribution is 9.10. The molecule has 5 rings (SSSR count). The number of carbonyl (C=O) groups excluding carboxylic acids is 2. The lowest BCUT2D eigenvalue weighted by Crippen LogP contribution is -2.40. The highest BCUT2D eigenvalue weighted by atomic mass is 79.9. The second-order valence-corrected chi connectivity index (χ2v) is 11.9. The summed E-state index contributed by atoms with van der Waals surface area (Å²) < 4.78 is 13.4. The van der Waals surface area contributed by atoms with Crippen molar-refractivity contribution in [2.24, 2.45) is 4.99 Å². The molecule has 2 heterocycles. The van der Waals surface area contributed by atoms with Gasteiger partial charge >= 0.3 is 11.9 Å². The van der Waals surface area contributed by atoms with Gasteiger partial charge in [0.15, 0.2) is 4.80 Å². The topological polar surface area (TPSA) is 87.0 Å². The Balaban J connectivity index is 1.76. The first-order valence-electron chi connectivity index (χ1n) is 13.5. The molecule has 9 heteroatoms. The van der Waals surface area contributed by atoms with Crippen LogP contribution in [-0.2, 0) is 14.3 Å².